The Labute approximate surface area is 141 Å². The lowest BCUT2D eigenvalue weighted by Gasteiger charge is -2.39. The van der Waals surface area contributed by atoms with Crippen LogP contribution in [0.15, 0.2) is 16.7 Å². The molecule has 0 saturated carbocycles. The Morgan fingerprint density at radius 1 is 1.48 bits per heavy atom. The third kappa shape index (κ3) is 4.46. The van der Waals surface area contributed by atoms with E-state index in [1.54, 1.807) is 19.1 Å². The van der Waals surface area contributed by atoms with Crippen molar-refractivity contribution >= 4 is 27.7 Å². The summed E-state index contributed by atoms with van der Waals surface area (Å²) in [6, 6.07) is 2.92. The molecule has 0 radical (unpaired) electrons. The van der Waals surface area contributed by atoms with Crippen molar-refractivity contribution in [3.63, 3.8) is 0 Å². The van der Waals surface area contributed by atoms with Crippen molar-refractivity contribution in [2.45, 2.75) is 38.7 Å². The number of aromatic nitrogens is 1. The van der Waals surface area contributed by atoms with Crippen LogP contribution in [0.3, 0.4) is 0 Å². The van der Waals surface area contributed by atoms with Crippen LogP contribution in [0.5, 0.6) is 0 Å². The molecule has 2 rings (SSSR count). The molecule has 2 amide bonds. The second-order valence-electron chi connectivity index (χ2n) is 5.72. The van der Waals surface area contributed by atoms with E-state index in [2.05, 4.69) is 26.2 Å². The maximum atomic E-state index is 13.8. The number of halogens is 3. The van der Waals surface area contributed by atoms with Crippen molar-refractivity contribution in [2.24, 2.45) is 0 Å². The van der Waals surface area contributed by atoms with Gasteiger partial charge in [-0.3, -0.25) is 9.59 Å². The summed E-state index contributed by atoms with van der Waals surface area (Å²) in [5.41, 5.74) is 0.760. The second-order valence-corrected chi connectivity index (χ2v) is 6.53. The van der Waals surface area contributed by atoms with Crippen LogP contribution in [-0.2, 0) is 4.79 Å². The van der Waals surface area contributed by atoms with E-state index in [0.717, 1.165) is 4.90 Å². The van der Waals surface area contributed by atoms with Crippen LogP contribution in [0.1, 0.15) is 35.8 Å². The van der Waals surface area contributed by atoms with Gasteiger partial charge in [0.15, 0.2) is 0 Å². The average Bonchev–Trinajstić information content (AvgIpc) is 2.47. The predicted octanol–water partition coefficient (Wildman–Crippen LogP) is 2.53. The fourth-order valence-electron chi connectivity index (χ4n) is 2.56. The van der Waals surface area contributed by atoms with Gasteiger partial charge >= 0.3 is 0 Å². The van der Waals surface area contributed by atoms with Crippen molar-refractivity contribution in [3.8, 4) is 0 Å². The van der Waals surface area contributed by atoms with Crippen molar-refractivity contribution in [3.05, 3.63) is 28.0 Å². The Hall–Kier alpha value is -1.57. The first kappa shape index (κ1) is 17.8. The van der Waals surface area contributed by atoms with Gasteiger partial charge in [-0.2, -0.15) is 0 Å². The number of carbonyl (C=O) groups is 2. The molecule has 0 aliphatic carbocycles. The van der Waals surface area contributed by atoms with E-state index in [-0.39, 0.29) is 31.0 Å². The summed E-state index contributed by atoms with van der Waals surface area (Å²) in [7, 11) is 0. The topological polar surface area (TPSA) is 62.3 Å². The number of hydrogen-bond acceptors (Lipinski definition) is 3. The maximum absolute atomic E-state index is 13.8. The summed E-state index contributed by atoms with van der Waals surface area (Å²) in [6.07, 6.45) is -0.169. The van der Waals surface area contributed by atoms with E-state index < -0.39 is 24.4 Å². The minimum absolute atomic E-state index is 0.131. The highest BCUT2D eigenvalue weighted by atomic mass is 79.9. The van der Waals surface area contributed by atoms with E-state index in [1.165, 1.54) is 6.92 Å². The number of carbonyl (C=O) groups excluding carboxylic acids is 2. The van der Waals surface area contributed by atoms with Gasteiger partial charge < -0.3 is 10.2 Å². The van der Waals surface area contributed by atoms with E-state index in [9.17, 15) is 18.4 Å². The smallest absolute Gasteiger partial charge is 0.273 e. The highest BCUT2D eigenvalue weighted by molar-refractivity contribution is 9.10. The number of nitrogens with zero attached hydrogens (tertiary/aromatic N) is 2. The molecule has 1 fully saturated rings. The fourth-order valence-corrected chi connectivity index (χ4v) is 2.87. The van der Waals surface area contributed by atoms with Gasteiger partial charge in [-0.15, -0.1) is 0 Å². The SMILES string of the molecule is CC(=O)NCC1CCC(F)(F)CN1C(=O)c1nc(Br)ccc1C. The molecular formula is C15H18BrF2N3O2. The van der Waals surface area contributed by atoms with Gasteiger partial charge in [0.2, 0.25) is 5.91 Å². The number of hydrogen-bond donors (Lipinski definition) is 1. The first-order chi connectivity index (χ1) is 10.7. The Bertz CT molecular complexity index is 625. The van der Waals surface area contributed by atoms with Gasteiger partial charge in [-0.05, 0) is 40.9 Å². The molecule has 0 aromatic carbocycles. The van der Waals surface area contributed by atoms with E-state index in [0.29, 0.717) is 10.2 Å². The number of rotatable bonds is 3. The predicted molar refractivity (Wildman–Crippen MR) is 84.4 cm³/mol. The Kier molecular flexibility index (Phi) is 5.33. The molecule has 1 N–H and O–H groups in total. The summed E-state index contributed by atoms with van der Waals surface area (Å²) in [4.78, 5) is 29.0. The zero-order valence-corrected chi connectivity index (χ0v) is 14.5. The van der Waals surface area contributed by atoms with Crippen LogP contribution >= 0.6 is 15.9 Å². The molecule has 1 saturated heterocycles. The Balaban J connectivity index is 2.27. The summed E-state index contributed by atoms with van der Waals surface area (Å²) in [5.74, 6) is -3.73. The lowest BCUT2D eigenvalue weighted by Crippen LogP contribution is -2.55. The van der Waals surface area contributed by atoms with E-state index in [1.807, 2.05) is 0 Å². The molecule has 23 heavy (non-hydrogen) atoms. The van der Waals surface area contributed by atoms with Crippen LogP contribution in [0.25, 0.3) is 0 Å². The van der Waals surface area contributed by atoms with Crippen LogP contribution in [0.2, 0.25) is 0 Å². The van der Waals surface area contributed by atoms with Crippen molar-refractivity contribution in [1.29, 1.82) is 0 Å². The zero-order chi connectivity index (χ0) is 17.2. The number of piperidine rings is 1. The molecule has 1 aliphatic rings. The first-order valence-electron chi connectivity index (χ1n) is 7.26. The van der Waals surface area contributed by atoms with Crippen molar-refractivity contribution in [1.82, 2.24) is 15.2 Å². The summed E-state index contributed by atoms with van der Waals surface area (Å²) >= 11 is 3.19. The van der Waals surface area contributed by atoms with E-state index in [4.69, 9.17) is 0 Å². The molecule has 126 valence electrons. The number of likely N-dealkylation sites (tertiary alicyclic amines) is 1. The standard InChI is InChI=1S/C15H18BrF2N3O2/c1-9-3-4-12(16)20-13(9)14(23)21-8-15(17,18)6-5-11(21)7-19-10(2)22/h3-4,11H,5-8H2,1-2H3,(H,19,22). The third-order valence-electron chi connectivity index (χ3n) is 3.80. The fraction of sp³-hybridized carbons (Fsp3) is 0.533. The number of nitrogens with one attached hydrogen (secondary N) is 1. The Morgan fingerprint density at radius 3 is 2.83 bits per heavy atom. The zero-order valence-electron chi connectivity index (χ0n) is 12.9. The lowest BCUT2D eigenvalue weighted by molar-refractivity contribution is -0.119. The largest absolute Gasteiger partial charge is 0.354 e. The molecule has 5 nitrogen and oxygen atoms in total. The first-order valence-corrected chi connectivity index (χ1v) is 8.05. The summed E-state index contributed by atoms with van der Waals surface area (Å²) < 4.78 is 28.0. The van der Waals surface area contributed by atoms with Gasteiger partial charge in [0.05, 0.1) is 6.54 Å². The molecule has 0 spiro atoms. The molecule has 1 aliphatic heterocycles. The molecule has 0 bridgehead atoms. The molecule has 2 heterocycles. The van der Waals surface area contributed by atoms with Gasteiger partial charge in [0.25, 0.3) is 11.8 Å². The number of alkyl halides is 2. The molecule has 1 aromatic rings. The van der Waals surface area contributed by atoms with Gasteiger partial charge in [-0.1, -0.05) is 6.07 Å². The van der Waals surface area contributed by atoms with E-state index >= 15 is 0 Å². The van der Waals surface area contributed by atoms with Crippen molar-refractivity contribution in [2.75, 3.05) is 13.1 Å². The number of aryl methyl sites for hydroxylation is 1. The molecule has 1 aromatic heterocycles. The van der Waals surface area contributed by atoms with Crippen LogP contribution in [0, 0.1) is 6.92 Å². The number of amides is 2. The summed E-state index contributed by atoms with van der Waals surface area (Å²) in [5, 5.41) is 2.60. The van der Waals surface area contributed by atoms with Crippen molar-refractivity contribution < 1.29 is 18.4 Å². The molecular weight excluding hydrogens is 372 g/mol. The van der Waals surface area contributed by atoms with Gasteiger partial charge in [0, 0.05) is 25.9 Å². The van der Waals surface area contributed by atoms with Gasteiger partial charge in [-0.25, -0.2) is 13.8 Å². The minimum atomic E-state index is -2.93. The third-order valence-corrected chi connectivity index (χ3v) is 4.24. The highest BCUT2D eigenvalue weighted by Gasteiger charge is 2.42. The molecule has 1 unspecified atom stereocenters. The van der Waals surface area contributed by atoms with Crippen LogP contribution in [-0.4, -0.2) is 46.8 Å². The van der Waals surface area contributed by atoms with Crippen LogP contribution < -0.4 is 5.32 Å². The molecule has 8 heteroatoms. The minimum Gasteiger partial charge on any atom is -0.354 e. The average molecular weight is 390 g/mol. The quantitative estimate of drug-likeness (QED) is 0.807. The summed E-state index contributed by atoms with van der Waals surface area (Å²) in [6.45, 7) is 2.55. The lowest BCUT2D eigenvalue weighted by atomic mass is 9.98. The maximum Gasteiger partial charge on any atom is 0.273 e. The number of pyridine rings is 1. The second kappa shape index (κ2) is 6.90. The molecule has 1 atom stereocenters. The van der Waals surface area contributed by atoms with Gasteiger partial charge in [0.1, 0.15) is 10.3 Å². The van der Waals surface area contributed by atoms with Crippen LogP contribution in [0.4, 0.5) is 8.78 Å². The normalized spacial score (nSPS) is 20.2. The Morgan fingerprint density at radius 2 is 2.17 bits per heavy atom. The monoisotopic (exact) mass is 389 g/mol. The highest BCUT2D eigenvalue weighted by Crippen LogP contribution is 2.31.